The lowest BCUT2D eigenvalue weighted by Gasteiger charge is -2.21. The summed E-state index contributed by atoms with van der Waals surface area (Å²) in [6.07, 6.45) is -0.164. The molecule has 9 heteroatoms. The second-order valence-electron chi connectivity index (χ2n) is 7.54. The summed E-state index contributed by atoms with van der Waals surface area (Å²) in [6, 6.07) is 2.69. The average molecular weight is 421 g/mol. The number of nitrogens with zero attached hydrogens (tertiary/aromatic N) is 2. The number of aliphatic hydroxyl groups excluding tert-OH is 1. The van der Waals surface area contributed by atoms with Crippen LogP contribution < -0.4 is 11.3 Å². The summed E-state index contributed by atoms with van der Waals surface area (Å²) in [5, 5.41) is 10.6. The second-order valence-corrected chi connectivity index (χ2v) is 7.54. The van der Waals surface area contributed by atoms with Crippen molar-refractivity contribution in [3.63, 3.8) is 0 Å². The molecule has 1 amide bonds. The molecule has 2 aliphatic rings. The molecule has 0 saturated heterocycles. The highest BCUT2D eigenvalue weighted by molar-refractivity contribution is 6.11. The van der Waals surface area contributed by atoms with E-state index in [0.29, 0.717) is 27.8 Å². The first kappa shape index (κ1) is 19.1. The first-order valence-electron chi connectivity index (χ1n) is 9.44. The molecular weight excluding hydrogens is 405 g/mol. The Bertz CT molecular complexity index is 1440. The molecule has 31 heavy (non-hydrogen) atoms. The van der Waals surface area contributed by atoms with Crippen molar-refractivity contribution in [1.29, 1.82) is 0 Å². The number of primary amides is 1. The summed E-state index contributed by atoms with van der Waals surface area (Å²) >= 11 is 0. The number of carbonyl (C=O) groups excluding carboxylic acids is 2. The lowest BCUT2D eigenvalue weighted by molar-refractivity contribution is -0.157. The van der Waals surface area contributed by atoms with Gasteiger partial charge in [-0.3, -0.25) is 9.59 Å². The van der Waals surface area contributed by atoms with Crippen LogP contribution in [0.3, 0.4) is 0 Å². The maximum atomic E-state index is 14.5. The van der Waals surface area contributed by atoms with E-state index in [1.807, 2.05) is 0 Å². The van der Waals surface area contributed by atoms with Gasteiger partial charge in [-0.05, 0) is 24.1 Å². The third-order valence-corrected chi connectivity index (χ3v) is 5.94. The molecule has 3 N–H and O–H groups in total. The van der Waals surface area contributed by atoms with Gasteiger partial charge >= 0.3 is 5.97 Å². The number of aromatic nitrogens is 2. The van der Waals surface area contributed by atoms with Crippen molar-refractivity contribution in [1.82, 2.24) is 9.55 Å². The van der Waals surface area contributed by atoms with Gasteiger partial charge in [0, 0.05) is 22.6 Å². The molecule has 8 nitrogen and oxygen atoms in total. The summed E-state index contributed by atoms with van der Waals surface area (Å²) in [5.41, 5.74) is 7.53. The largest absolute Gasteiger partial charge is 0.458 e. The van der Waals surface area contributed by atoms with Crippen molar-refractivity contribution >= 4 is 28.9 Å². The molecule has 1 aromatic carbocycles. The van der Waals surface area contributed by atoms with Crippen molar-refractivity contribution in [2.45, 2.75) is 26.2 Å². The smallest absolute Gasteiger partial charge is 0.340 e. The summed E-state index contributed by atoms with van der Waals surface area (Å²) < 4.78 is 20.8. The fourth-order valence-corrected chi connectivity index (χ4v) is 4.41. The van der Waals surface area contributed by atoms with E-state index >= 15 is 0 Å². The van der Waals surface area contributed by atoms with Gasteiger partial charge in [0.15, 0.2) is 6.10 Å². The number of rotatable bonds is 2. The molecular formula is C22H16FN3O5. The minimum atomic E-state index is -1.60. The first-order valence-corrected chi connectivity index (χ1v) is 9.44. The molecule has 0 unspecified atom stereocenters. The number of hydrogen-bond acceptors (Lipinski definition) is 6. The summed E-state index contributed by atoms with van der Waals surface area (Å²) in [4.78, 5) is 41.9. The van der Waals surface area contributed by atoms with E-state index in [2.05, 4.69) is 11.6 Å². The molecule has 2 aliphatic heterocycles. The number of cyclic esters (lactones) is 1. The molecule has 1 atom stereocenters. The molecule has 0 fully saturated rings. The average Bonchev–Trinajstić information content (AvgIpc) is 3.09. The minimum absolute atomic E-state index is 0.00897. The molecule has 0 radical (unpaired) electrons. The van der Waals surface area contributed by atoms with Gasteiger partial charge in [0.05, 0.1) is 34.6 Å². The van der Waals surface area contributed by atoms with Crippen LogP contribution in [0.5, 0.6) is 0 Å². The zero-order valence-corrected chi connectivity index (χ0v) is 16.4. The molecule has 5 rings (SSSR count). The molecule has 2 aromatic heterocycles. The van der Waals surface area contributed by atoms with E-state index in [0.717, 1.165) is 0 Å². The van der Waals surface area contributed by atoms with Crippen LogP contribution in [-0.2, 0) is 22.7 Å². The number of amides is 1. The van der Waals surface area contributed by atoms with Crippen LogP contribution in [0.2, 0.25) is 0 Å². The van der Waals surface area contributed by atoms with Gasteiger partial charge in [-0.15, -0.1) is 0 Å². The molecule has 0 spiro atoms. The van der Waals surface area contributed by atoms with Gasteiger partial charge in [-0.1, -0.05) is 12.7 Å². The van der Waals surface area contributed by atoms with E-state index < -0.39 is 29.4 Å². The fraction of sp³-hybridized carbons (Fsp3) is 0.182. The SMILES string of the molecule is C=Cc1c(C)c(F)cc2nc3c(c(C(N)=O)c12)Cn1c-3cc2c(c1=O)COC(=O)[C@H]2O. The minimum Gasteiger partial charge on any atom is -0.458 e. The molecule has 0 saturated carbocycles. The Morgan fingerprint density at radius 1 is 1.39 bits per heavy atom. The van der Waals surface area contributed by atoms with Gasteiger partial charge in [-0.2, -0.15) is 0 Å². The standard InChI is InChI=1S/C22H16FN3O5/c1-3-9-8(2)13(23)5-14-16(9)17(20(24)28)11-6-26-15(18(11)25-14)4-10-12(21(26)29)7-31-22(30)19(10)27/h3-5,19,27H,1,6-7H2,2H3,(H2,24,28)/t19-/m0/s1. The number of aliphatic hydroxyl groups is 1. The van der Waals surface area contributed by atoms with Gasteiger partial charge in [0.1, 0.15) is 12.4 Å². The van der Waals surface area contributed by atoms with Crippen molar-refractivity contribution in [2.75, 3.05) is 0 Å². The summed E-state index contributed by atoms with van der Waals surface area (Å²) in [7, 11) is 0. The maximum Gasteiger partial charge on any atom is 0.340 e. The summed E-state index contributed by atoms with van der Waals surface area (Å²) in [5.74, 6) is -2.13. The monoisotopic (exact) mass is 421 g/mol. The number of esters is 1. The number of nitrogens with two attached hydrogens (primary N) is 1. The fourth-order valence-electron chi connectivity index (χ4n) is 4.41. The number of fused-ring (bicyclic) bond motifs is 5. The number of pyridine rings is 2. The molecule has 156 valence electrons. The lowest BCUT2D eigenvalue weighted by atomic mass is 9.93. The van der Waals surface area contributed by atoms with Gasteiger partial charge in [-0.25, -0.2) is 14.2 Å². The quantitative estimate of drug-likeness (QED) is 0.475. The highest BCUT2D eigenvalue weighted by Crippen LogP contribution is 2.39. The predicted molar refractivity (Wildman–Crippen MR) is 109 cm³/mol. The normalized spacial score (nSPS) is 16.5. The summed E-state index contributed by atoms with van der Waals surface area (Å²) in [6.45, 7) is 5.04. The second kappa shape index (κ2) is 6.32. The van der Waals surface area contributed by atoms with E-state index in [4.69, 9.17) is 10.5 Å². The maximum absolute atomic E-state index is 14.5. The van der Waals surface area contributed by atoms with E-state index in [9.17, 15) is 23.9 Å². The Kier molecular flexibility index (Phi) is 3.90. The van der Waals surface area contributed by atoms with Crippen LogP contribution in [0.4, 0.5) is 4.39 Å². The molecule has 0 bridgehead atoms. The van der Waals surface area contributed by atoms with Crippen LogP contribution in [0, 0.1) is 12.7 Å². The van der Waals surface area contributed by atoms with Crippen molar-refractivity contribution in [3.8, 4) is 11.4 Å². The zero-order valence-electron chi connectivity index (χ0n) is 16.4. The number of benzene rings is 1. The Balaban J connectivity index is 1.90. The van der Waals surface area contributed by atoms with Crippen LogP contribution in [-0.4, -0.2) is 26.5 Å². The number of carbonyl (C=O) groups is 2. The molecule has 3 aromatic rings. The Hall–Kier alpha value is -3.85. The predicted octanol–water partition coefficient (Wildman–Crippen LogP) is 1.70. The Morgan fingerprint density at radius 3 is 2.81 bits per heavy atom. The van der Waals surface area contributed by atoms with E-state index in [1.54, 1.807) is 6.92 Å². The number of hydrogen-bond donors (Lipinski definition) is 2. The third-order valence-electron chi connectivity index (χ3n) is 5.94. The van der Waals surface area contributed by atoms with Gasteiger partial charge < -0.3 is 20.1 Å². The molecule has 4 heterocycles. The topological polar surface area (TPSA) is 125 Å². The van der Waals surface area contributed by atoms with Crippen molar-refractivity contribution < 1.29 is 23.8 Å². The van der Waals surface area contributed by atoms with Gasteiger partial charge in [0.2, 0.25) is 5.91 Å². The lowest BCUT2D eigenvalue weighted by Crippen LogP contribution is -2.32. The molecule has 0 aliphatic carbocycles. The van der Waals surface area contributed by atoms with Crippen molar-refractivity contribution in [3.05, 3.63) is 68.3 Å². The highest BCUT2D eigenvalue weighted by atomic mass is 19.1. The van der Waals surface area contributed by atoms with Crippen LogP contribution >= 0.6 is 0 Å². The first-order chi connectivity index (χ1) is 14.7. The zero-order chi connectivity index (χ0) is 22.2. The van der Waals surface area contributed by atoms with Gasteiger partial charge in [0.25, 0.3) is 5.56 Å². The number of ether oxygens (including phenoxy) is 1. The number of halogens is 1. The van der Waals surface area contributed by atoms with Crippen molar-refractivity contribution in [2.24, 2.45) is 5.73 Å². The van der Waals surface area contributed by atoms with Crippen LogP contribution in [0.1, 0.15) is 44.3 Å². The third kappa shape index (κ3) is 2.43. The van der Waals surface area contributed by atoms with Crippen LogP contribution in [0.15, 0.2) is 23.5 Å². The van der Waals surface area contributed by atoms with E-state index in [-0.39, 0.29) is 41.1 Å². The Morgan fingerprint density at radius 2 is 2.13 bits per heavy atom. The Labute approximate surface area is 174 Å². The van der Waals surface area contributed by atoms with E-state index in [1.165, 1.54) is 22.8 Å². The van der Waals surface area contributed by atoms with Crippen LogP contribution in [0.25, 0.3) is 28.4 Å². The highest BCUT2D eigenvalue weighted by Gasteiger charge is 2.35.